The number of para-hydroxylation sites is 1. The average Bonchev–Trinajstić information content (AvgIpc) is 2.73. The lowest BCUT2D eigenvalue weighted by molar-refractivity contribution is -0.156. The summed E-state index contributed by atoms with van der Waals surface area (Å²) in [6.07, 6.45) is -1.17. The first-order valence-corrected chi connectivity index (χ1v) is 9.02. The molecule has 3 aromatic carbocycles. The van der Waals surface area contributed by atoms with Gasteiger partial charge < -0.3 is 14.8 Å². The predicted molar refractivity (Wildman–Crippen MR) is 107 cm³/mol. The van der Waals surface area contributed by atoms with Crippen LogP contribution in [-0.2, 0) is 14.3 Å². The molecule has 6 heteroatoms. The van der Waals surface area contributed by atoms with E-state index < -0.39 is 30.4 Å². The van der Waals surface area contributed by atoms with Crippen molar-refractivity contribution in [1.82, 2.24) is 0 Å². The smallest absolute Gasteiger partial charge is 0.345 e. The Balaban J connectivity index is 1.70. The van der Waals surface area contributed by atoms with Gasteiger partial charge in [-0.25, -0.2) is 9.18 Å². The van der Waals surface area contributed by atoms with Crippen LogP contribution in [0.5, 0.6) is 5.75 Å². The fourth-order valence-electron chi connectivity index (χ4n) is 2.61. The van der Waals surface area contributed by atoms with Gasteiger partial charge in [0, 0.05) is 11.3 Å². The fraction of sp³-hybridized carbons (Fsp3) is 0.130. The molecule has 1 amide bonds. The molecule has 0 aliphatic heterocycles. The molecule has 0 aliphatic carbocycles. The number of amides is 1. The van der Waals surface area contributed by atoms with Crippen LogP contribution in [0.4, 0.5) is 10.1 Å². The molecule has 1 N–H and O–H groups in total. The number of nitrogens with one attached hydrogen (secondary N) is 1. The molecule has 148 valence electrons. The topological polar surface area (TPSA) is 64.6 Å². The van der Waals surface area contributed by atoms with Crippen molar-refractivity contribution in [3.05, 3.63) is 95.8 Å². The molecule has 0 spiro atoms. The van der Waals surface area contributed by atoms with Crippen molar-refractivity contribution < 1.29 is 23.5 Å². The Kier molecular flexibility index (Phi) is 6.58. The first kappa shape index (κ1) is 20.1. The molecule has 3 aromatic rings. The number of hydrogen-bond acceptors (Lipinski definition) is 4. The fourth-order valence-corrected chi connectivity index (χ4v) is 2.61. The van der Waals surface area contributed by atoms with Gasteiger partial charge in [-0.1, -0.05) is 60.2 Å². The summed E-state index contributed by atoms with van der Waals surface area (Å²) in [6.45, 7) is 1.41. The van der Waals surface area contributed by atoms with E-state index in [1.165, 1.54) is 18.2 Å². The zero-order valence-corrected chi connectivity index (χ0v) is 15.8. The Hall–Kier alpha value is -3.67. The molecular weight excluding hydrogens is 373 g/mol. The van der Waals surface area contributed by atoms with Crippen LogP contribution in [0.25, 0.3) is 0 Å². The molecule has 0 aromatic heterocycles. The Morgan fingerprint density at radius 1 is 0.931 bits per heavy atom. The standard InChI is InChI=1S/C23H20FNO4/c1-16-11-13-18(14-12-16)25-23(27)22(17-7-3-2-4-8-17)29-21(26)15-28-20-10-6-5-9-19(20)24/h2-14,22H,15H2,1H3,(H,25,27). The Morgan fingerprint density at radius 2 is 1.59 bits per heavy atom. The van der Waals surface area contributed by atoms with Crippen molar-refractivity contribution in [3.63, 3.8) is 0 Å². The predicted octanol–water partition coefficient (Wildman–Crippen LogP) is 4.44. The lowest BCUT2D eigenvalue weighted by atomic mass is 10.1. The summed E-state index contributed by atoms with van der Waals surface area (Å²) < 4.78 is 24.1. The zero-order valence-electron chi connectivity index (χ0n) is 15.8. The number of halogens is 1. The van der Waals surface area contributed by atoms with Gasteiger partial charge in [0.1, 0.15) is 0 Å². The third-order valence-corrected chi connectivity index (χ3v) is 4.09. The largest absolute Gasteiger partial charge is 0.479 e. The number of esters is 1. The minimum Gasteiger partial charge on any atom is -0.479 e. The molecular formula is C23H20FNO4. The summed E-state index contributed by atoms with van der Waals surface area (Å²) in [5, 5.41) is 2.74. The minimum absolute atomic E-state index is 0.0650. The van der Waals surface area contributed by atoms with Crippen LogP contribution in [0.15, 0.2) is 78.9 Å². The van der Waals surface area contributed by atoms with E-state index >= 15 is 0 Å². The summed E-state index contributed by atoms with van der Waals surface area (Å²) in [6, 6.07) is 21.6. The highest BCUT2D eigenvalue weighted by Gasteiger charge is 2.25. The van der Waals surface area contributed by atoms with E-state index in [2.05, 4.69) is 5.32 Å². The van der Waals surface area contributed by atoms with Crippen molar-refractivity contribution in [1.29, 1.82) is 0 Å². The highest BCUT2D eigenvalue weighted by atomic mass is 19.1. The van der Waals surface area contributed by atoms with Crippen LogP contribution in [0, 0.1) is 12.7 Å². The van der Waals surface area contributed by atoms with E-state index in [-0.39, 0.29) is 5.75 Å². The lowest BCUT2D eigenvalue weighted by Gasteiger charge is -2.18. The van der Waals surface area contributed by atoms with Crippen molar-refractivity contribution in [2.24, 2.45) is 0 Å². The minimum atomic E-state index is -1.17. The number of ether oxygens (including phenoxy) is 2. The second-order valence-electron chi connectivity index (χ2n) is 6.35. The van der Waals surface area contributed by atoms with Gasteiger partial charge in [-0.15, -0.1) is 0 Å². The SMILES string of the molecule is Cc1ccc(NC(=O)C(OC(=O)COc2ccccc2F)c2ccccc2)cc1. The number of rotatable bonds is 7. The number of aryl methyl sites for hydroxylation is 1. The van der Waals surface area contributed by atoms with E-state index in [4.69, 9.17) is 9.47 Å². The van der Waals surface area contributed by atoms with Crippen LogP contribution in [0.1, 0.15) is 17.2 Å². The van der Waals surface area contributed by atoms with Gasteiger partial charge in [0.2, 0.25) is 6.10 Å². The molecule has 0 bridgehead atoms. The summed E-state index contributed by atoms with van der Waals surface area (Å²) in [5.74, 6) is -1.94. The Bertz CT molecular complexity index is 974. The maximum atomic E-state index is 13.6. The molecule has 29 heavy (non-hydrogen) atoms. The third kappa shape index (κ3) is 5.65. The van der Waals surface area contributed by atoms with Crippen LogP contribution in [0.3, 0.4) is 0 Å². The molecule has 0 aliphatic rings. The molecule has 3 rings (SSSR count). The van der Waals surface area contributed by atoms with Crippen LogP contribution >= 0.6 is 0 Å². The van der Waals surface area contributed by atoms with Crippen LogP contribution < -0.4 is 10.1 Å². The van der Waals surface area contributed by atoms with Gasteiger partial charge in [-0.3, -0.25) is 4.79 Å². The zero-order chi connectivity index (χ0) is 20.6. The van der Waals surface area contributed by atoms with E-state index in [0.29, 0.717) is 11.3 Å². The number of benzene rings is 3. The highest BCUT2D eigenvalue weighted by Crippen LogP contribution is 2.21. The number of anilines is 1. The van der Waals surface area contributed by atoms with Gasteiger partial charge in [-0.2, -0.15) is 0 Å². The first-order chi connectivity index (χ1) is 14.0. The summed E-state index contributed by atoms with van der Waals surface area (Å²) in [7, 11) is 0. The quantitative estimate of drug-likeness (QED) is 0.603. The summed E-state index contributed by atoms with van der Waals surface area (Å²) >= 11 is 0. The highest BCUT2D eigenvalue weighted by molar-refractivity contribution is 5.96. The van der Waals surface area contributed by atoms with Gasteiger partial charge in [0.05, 0.1) is 0 Å². The maximum Gasteiger partial charge on any atom is 0.345 e. The summed E-state index contributed by atoms with van der Waals surface area (Å²) in [5.41, 5.74) is 2.15. The van der Waals surface area contributed by atoms with Crippen molar-refractivity contribution in [3.8, 4) is 5.75 Å². The Morgan fingerprint density at radius 3 is 2.28 bits per heavy atom. The normalized spacial score (nSPS) is 11.4. The molecule has 1 unspecified atom stereocenters. The van der Waals surface area contributed by atoms with Crippen LogP contribution in [-0.4, -0.2) is 18.5 Å². The molecule has 0 heterocycles. The lowest BCUT2D eigenvalue weighted by Crippen LogP contribution is -2.28. The second kappa shape index (κ2) is 9.50. The molecule has 0 saturated carbocycles. The van der Waals surface area contributed by atoms with Gasteiger partial charge in [-0.05, 0) is 31.2 Å². The number of hydrogen-bond donors (Lipinski definition) is 1. The molecule has 0 saturated heterocycles. The Labute approximate surface area is 168 Å². The van der Waals surface area contributed by atoms with E-state index in [1.54, 1.807) is 48.5 Å². The van der Waals surface area contributed by atoms with Gasteiger partial charge in [0.15, 0.2) is 18.2 Å². The second-order valence-corrected chi connectivity index (χ2v) is 6.35. The summed E-state index contributed by atoms with van der Waals surface area (Å²) in [4.78, 5) is 25.0. The molecule has 0 fully saturated rings. The third-order valence-electron chi connectivity index (χ3n) is 4.09. The molecule has 1 atom stereocenters. The van der Waals surface area contributed by atoms with Crippen molar-refractivity contribution >= 4 is 17.6 Å². The monoisotopic (exact) mass is 393 g/mol. The van der Waals surface area contributed by atoms with Crippen molar-refractivity contribution in [2.45, 2.75) is 13.0 Å². The molecule has 0 radical (unpaired) electrons. The molecule has 5 nitrogen and oxygen atoms in total. The van der Waals surface area contributed by atoms with E-state index in [1.807, 2.05) is 19.1 Å². The first-order valence-electron chi connectivity index (χ1n) is 9.02. The van der Waals surface area contributed by atoms with E-state index in [9.17, 15) is 14.0 Å². The van der Waals surface area contributed by atoms with Gasteiger partial charge >= 0.3 is 5.97 Å². The van der Waals surface area contributed by atoms with Crippen molar-refractivity contribution in [2.75, 3.05) is 11.9 Å². The van der Waals surface area contributed by atoms with E-state index in [0.717, 1.165) is 5.56 Å². The van der Waals surface area contributed by atoms with Gasteiger partial charge in [0.25, 0.3) is 5.91 Å². The number of carbonyl (C=O) groups excluding carboxylic acids is 2. The average molecular weight is 393 g/mol. The number of carbonyl (C=O) groups is 2. The van der Waals surface area contributed by atoms with Crippen LogP contribution in [0.2, 0.25) is 0 Å². The maximum absolute atomic E-state index is 13.6.